The van der Waals surface area contributed by atoms with Crippen molar-refractivity contribution >= 4 is 0 Å². The van der Waals surface area contributed by atoms with Crippen LogP contribution in [0.5, 0.6) is 0 Å². The van der Waals surface area contributed by atoms with E-state index >= 15 is 0 Å². The Morgan fingerprint density at radius 1 is 1.17 bits per heavy atom. The number of rotatable bonds is 8. The molecule has 2 atom stereocenters. The quantitative estimate of drug-likeness (QED) is 0.667. The first-order valence-corrected chi connectivity index (χ1v) is 8.04. The van der Waals surface area contributed by atoms with E-state index in [0.717, 1.165) is 17.9 Å². The third-order valence-corrected chi connectivity index (χ3v) is 4.13. The van der Waals surface area contributed by atoms with Crippen LogP contribution in [-0.2, 0) is 0 Å². The summed E-state index contributed by atoms with van der Waals surface area (Å²) in [6, 6.07) is 0.813. The van der Waals surface area contributed by atoms with E-state index in [9.17, 15) is 0 Å². The van der Waals surface area contributed by atoms with Crippen molar-refractivity contribution in [2.24, 2.45) is 11.8 Å². The molecule has 1 rings (SSSR count). The van der Waals surface area contributed by atoms with Crippen molar-refractivity contribution in [1.29, 1.82) is 0 Å². The molecule has 0 saturated carbocycles. The first-order chi connectivity index (χ1) is 8.59. The fourth-order valence-corrected chi connectivity index (χ4v) is 2.92. The highest BCUT2D eigenvalue weighted by molar-refractivity contribution is 4.76. The summed E-state index contributed by atoms with van der Waals surface area (Å²) in [7, 11) is 0. The van der Waals surface area contributed by atoms with Gasteiger partial charge in [-0.2, -0.15) is 0 Å². The molecule has 0 aromatic carbocycles. The van der Waals surface area contributed by atoms with Crippen molar-refractivity contribution in [3.63, 3.8) is 0 Å². The standard InChI is InChI=1S/C16H34N2/c1-14(2)13-17-9-6-5-7-10-18-11-8-15(3)12-16(18)4/h14-17H,5-13H2,1-4H3. The molecule has 2 heteroatoms. The Morgan fingerprint density at radius 3 is 2.61 bits per heavy atom. The molecule has 1 saturated heterocycles. The molecule has 0 aromatic rings. The van der Waals surface area contributed by atoms with Gasteiger partial charge in [0, 0.05) is 6.04 Å². The van der Waals surface area contributed by atoms with Gasteiger partial charge >= 0.3 is 0 Å². The van der Waals surface area contributed by atoms with Crippen molar-refractivity contribution in [1.82, 2.24) is 10.2 Å². The number of nitrogens with one attached hydrogen (secondary N) is 1. The minimum atomic E-state index is 0.779. The van der Waals surface area contributed by atoms with Crippen molar-refractivity contribution in [2.75, 3.05) is 26.2 Å². The zero-order valence-electron chi connectivity index (χ0n) is 13.0. The summed E-state index contributed by atoms with van der Waals surface area (Å²) in [5.74, 6) is 1.72. The highest BCUT2D eigenvalue weighted by Gasteiger charge is 2.21. The van der Waals surface area contributed by atoms with Crippen LogP contribution < -0.4 is 5.32 Å². The van der Waals surface area contributed by atoms with E-state index < -0.39 is 0 Å². The Morgan fingerprint density at radius 2 is 1.94 bits per heavy atom. The maximum Gasteiger partial charge on any atom is 0.00694 e. The monoisotopic (exact) mass is 254 g/mol. The van der Waals surface area contributed by atoms with Gasteiger partial charge in [0.1, 0.15) is 0 Å². The van der Waals surface area contributed by atoms with Crippen LogP contribution in [0, 0.1) is 11.8 Å². The molecule has 108 valence electrons. The molecule has 18 heavy (non-hydrogen) atoms. The van der Waals surface area contributed by atoms with E-state index in [1.807, 2.05) is 0 Å². The Balaban J connectivity index is 1.94. The lowest BCUT2D eigenvalue weighted by atomic mass is 9.93. The topological polar surface area (TPSA) is 15.3 Å². The van der Waals surface area contributed by atoms with Gasteiger partial charge in [-0.3, -0.25) is 0 Å². The van der Waals surface area contributed by atoms with Gasteiger partial charge in [-0.15, -0.1) is 0 Å². The molecule has 1 aliphatic heterocycles. The molecule has 0 aromatic heterocycles. The van der Waals surface area contributed by atoms with E-state index in [2.05, 4.69) is 37.9 Å². The smallest absolute Gasteiger partial charge is 0.00694 e. The van der Waals surface area contributed by atoms with Crippen molar-refractivity contribution in [2.45, 2.75) is 65.8 Å². The maximum atomic E-state index is 3.52. The van der Waals surface area contributed by atoms with E-state index in [1.165, 1.54) is 58.3 Å². The normalized spacial score (nSPS) is 25.8. The minimum absolute atomic E-state index is 0.779. The third-order valence-electron chi connectivity index (χ3n) is 4.13. The van der Waals surface area contributed by atoms with Gasteiger partial charge in [0.25, 0.3) is 0 Å². The molecule has 1 fully saturated rings. The summed E-state index contributed by atoms with van der Waals surface area (Å²) in [4.78, 5) is 2.70. The molecule has 0 aliphatic carbocycles. The molecular formula is C16H34N2. The van der Waals surface area contributed by atoms with Crippen LogP contribution in [0.4, 0.5) is 0 Å². The van der Waals surface area contributed by atoms with E-state index in [4.69, 9.17) is 0 Å². The van der Waals surface area contributed by atoms with E-state index in [1.54, 1.807) is 0 Å². The van der Waals surface area contributed by atoms with Crippen LogP contribution in [0.25, 0.3) is 0 Å². The number of hydrogen-bond donors (Lipinski definition) is 1. The molecule has 2 nitrogen and oxygen atoms in total. The lowest BCUT2D eigenvalue weighted by molar-refractivity contribution is 0.127. The summed E-state index contributed by atoms with van der Waals surface area (Å²) < 4.78 is 0. The van der Waals surface area contributed by atoms with Gasteiger partial charge in [-0.25, -0.2) is 0 Å². The van der Waals surface area contributed by atoms with Gasteiger partial charge in [0.15, 0.2) is 0 Å². The second kappa shape index (κ2) is 8.92. The summed E-state index contributed by atoms with van der Waals surface area (Å²) in [6.45, 7) is 14.4. The molecule has 0 radical (unpaired) electrons. The van der Waals surface area contributed by atoms with Gasteiger partial charge in [-0.05, 0) is 70.6 Å². The van der Waals surface area contributed by atoms with Crippen LogP contribution in [0.2, 0.25) is 0 Å². The van der Waals surface area contributed by atoms with Crippen molar-refractivity contribution in [3.8, 4) is 0 Å². The predicted molar refractivity (Wildman–Crippen MR) is 81.0 cm³/mol. The fraction of sp³-hybridized carbons (Fsp3) is 1.00. The first-order valence-electron chi connectivity index (χ1n) is 8.04. The molecular weight excluding hydrogens is 220 g/mol. The highest BCUT2D eigenvalue weighted by atomic mass is 15.2. The molecule has 1 aliphatic rings. The molecule has 0 amide bonds. The summed E-state index contributed by atoms with van der Waals surface area (Å²) in [5.41, 5.74) is 0. The average molecular weight is 254 g/mol. The first kappa shape index (κ1) is 16.0. The lowest BCUT2D eigenvalue weighted by Crippen LogP contribution is -2.40. The molecule has 0 spiro atoms. The SMILES string of the molecule is CC(C)CNCCCCCN1CCC(C)CC1C. The number of likely N-dealkylation sites (tertiary alicyclic amines) is 1. The molecule has 1 N–H and O–H groups in total. The Bertz CT molecular complexity index is 203. The van der Waals surface area contributed by atoms with Crippen LogP contribution >= 0.6 is 0 Å². The maximum absolute atomic E-state index is 3.52. The Labute approximate surface area is 115 Å². The number of nitrogens with zero attached hydrogens (tertiary/aromatic N) is 1. The Kier molecular flexibility index (Phi) is 7.92. The molecule has 1 heterocycles. The van der Waals surface area contributed by atoms with Gasteiger partial charge in [0.2, 0.25) is 0 Å². The second-order valence-electron chi connectivity index (χ2n) is 6.67. The zero-order valence-corrected chi connectivity index (χ0v) is 13.0. The van der Waals surface area contributed by atoms with Crippen LogP contribution in [0.1, 0.15) is 59.8 Å². The van der Waals surface area contributed by atoms with Crippen molar-refractivity contribution < 1.29 is 0 Å². The second-order valence-corrected chi connectivity index (χ2v) is 6.67. The van der Waals surface area contributed by atoms with Crippen molar-refractivity contribution in [3.05, 3.63) is 0 Å². The largest absolute Gasteiger partial charge is 0.316 e. The summed E-state index contributed by atoms with van der Waals surface area (Å²) in [5, 5.41) is 3.52. The van der Waals surface area contributed by atoms with E-state index in [0.29, 0.717) is 0 Å². The molecule has 0 bridgehead atoms. The average Bonchev–Trinajstić information content (AvgIpc) is 2.30. The Hall–Kier alpha value is -0.0800. The predicted octanol–water partition coefficient (Wildman–Crippen LogP) is 3.52. The van der Waals surface area contributed by atoms with Gasteiger partial charge in [0.05, 0.1) is 0 Å². The number of hydrogen-bond acceptors (Lipinski definition) is 2. The van der Waals surface area contributed by atoms with Gasteiger partial charge in [-0.1, -0.05) is 27.2 Å². The zero-order chi connectivity index (χ0) is 13.4. The third kappa shape index (κ3) is 6.75. The minimum Gasteiger partial charge on any atom is -0.316 e. The summed E-state index contributed by atoms with van der Waals surface area (Å²) in [6.07, 6.45) is 6.90. The van der Waals surface area contributed by atoms with Crippen LogP contribution in [0.3, 0.4) is 0 Å². The molecule has 2 unspecified atom stereocenters. The van der Waals surface area contributed by atoms with Crippen LogP contribution in [-0.4, -0.2) is 37.1 Å². The fourth-order valence-electron chi connectivity index (χ4n) is 2.92. The van der Waals surface area contributed by atoms with Crippen LogP contribution in [0.15, 0.2) is 0 Å². The number of piperidine rings is 1. The highest BCUT2D eigenvalue weighted by Crippen LogP contribution is 2.22. The van der Waals surface area contributed by atoms with Gasteiger partial charge < -0.3 is 10.2 Å². The number of unbranched alkanes of at least 4 members (excludes halogenated alkanes) is 2. The van der Waals surface area contributed by atoms with E-state index in [-0.39, 0.29) is 0 Å². The lowest BCUT2D eigenvalue weighted by Gasteiger charge is -2.36. The summed E-state index contributed by atoms with van der Waals surface area (Å²) >= 11 is 0.